The molecule has 3 heterocycles. The fraction of sp³-hybridized carbons (Fsp3) is 0.786. The van der Waals surface area contributed by atoms with Gasteiger partial charge in [0.05, 0.1) is 24.7 Å². The van der Waals surface area contributed by atoms with Gasteiger partial charge < -0.3 is 15.4 Å². The van der Waals surface area contributed by atoms with Crippen LogP contribution in [-0.2, 0) is 33.2 Å². The molecule has 0 aromatic carbocycles. The fourth-order valence-electron chi connectivity index (χ4n) is 3.38. The number of ether oxygens (including phenoxy) is 1. The van der Waals surface area contributed by atoms with Gasteiger partial charge in [-0.05, 0) is 32.6 Å². The number of amides is 3. The van der Waals surface area contributed by atoms with Crippen molar-refractivity contribution in [3.8, 4) is 0 Å². The maximum atomic E-state index is 12.3. The molecule has 0 saturated carbocycles. The molecule has 2 N–H and O–H groups in total. The van der Waals surface area contributed by atoms with Crippen LogP contribution in [0.5, 0.6) is 0 Å². The quantitative estimate of drug-likeness (QED) is 0.584. The molecule has 3 rings (SSSR count). The van der Waals surface area contributed by atoms with E-state index in [-0.39, 0.29) is 6.54 Å². The third kappa shape index (κ3) is 3.48. The molecule has 0 spiro atoms. The second-order valence-corrected chi connectivity index (χ2v) is 8.16. The molecule has 0 aromatic rings. The summed E-state index contributed by atoms with van der Waals surface area (Å²) in [5, 5.41) is 0.694. The first-order valence-corrected chi connectivity index (χ1v) is 9.62. The van der Waals surface area contributed by atoms with Crippen LogP contribution in [0.3, 0.4) is 0 Å². The predicted molar refractivity (Wildman–Crippen MR) is 84.2 cm³/mol. The SMILES string of the molecule is CC1(COS(=O)(=O)ON2C(=O)N3CC2CC[C@H]3C(N)=O)CCCOC1=O. The summed E-state index contributed by atoms with van der Waals surface area (Å²) in [6.45, 7) is 1.53. The van der Waals surface area contributed by atoms with Crippen molar-refractivity contribution in [2.75, 3.05) is 19.8 Å². The third-order valence-corrected chi connectivity index (χ3v) is 5.69. The van der Waals surface area contributed by atoms with Crippen LogP contribution in [0, 0.1) is 5.41 Å². The zero-order chi connectivity index (χ0) is 19.1. The van der Waals surface area contributed by atoms with Crippen LogP contribution in [-0.4, -0.2) is 68.1 Å². The Bertz CT molecular complexity index is 726. The second kappa shape index (κ2) is 6.67. The molecule has 26 heavy (non-hydrogen) atoms. The molecule has 2 unspecified atom stereocenters. The van der Waals surface area contributed by atoms with E-state index >= 15 is 0 Å². The van der Waals surface area contributed by atoms with Crippen LogP contribution >= 0.6 is 0 Å². The number of primary amides is 1. The Kier molecular flexibility index (Phi) is 4.84. The first-order valence-electron chi connectivity index (χ1n) is 8.28. The number of esters is 1. The monoisotopic (exact) mass is 391 g/mol. The Balaban J connectivity index is 1.64. The molecular weight excluding hydrogens is 370 g/mol. The molecule has 146 valence electrons. The van der Waals surface area contributed by atoms with Gasteiger partial charge in [0.15, 0.2) is 0 Å². The maximum Gasteiger partial charge on any atom is 0.421 e. The van der Waals surface area contributed by atoms with Crippen molar-refractivity contribution in [3.63, 3.8) is 0 Å². The third-order valence-electron chi connectivity index (χ3n) is 4.94. The van der Waals surface area contributed by atoms with Crippen molar-refractivity contribution < 1.29 is 36.0 Å². The Morgan fingerprint density at radius 2 is 2.12 bits per heavy atom. The number of fused-ring (bicyclic) bond motifs is 2. The molecule has 11 nitrogen and oxygen atoms in total. The van der Waals surface area contributed by atoms with Crippen LogP contribution in [0.2, 0.25) is 0 Å². The maximum absolute atomic E-state index is 12.3. The van der Waals surface area contributed by atoms with E-state index in [1.54, 1.807) is 6.92 Å². The van der Waals surface area contributed by atoms with Gasteiger partial charge in [-0.15, -0.1) is 4.28 Å². The lowest BCUT2D eigenvalue weighted by Crippen LogP contribution is -2.47. The number of rotatable bonds is 6. The summed E-state index contributed by atoms with van der Waals surface area (Å²) in [7, 11) is -4.58. The highest BCUT2D eigenvalue weighted by Gasteiger charge is 2.49. The first kappa shape index (κ1) is 18.9. The molecule has 3 amide bonds. The summed E-state index contributed by atoms with van der Waals surface area (Å²) < 4.78 is 38.8. The molecule has 0 radical (unpaired) electrons. The largest absolute Gasteiger partial charge is 0.465 e. The Hall–Kier alpha value is -1.92. The number of carbonyl (C=O) groups excluding carboxylic acids is 3. The molecule has 3 atom stereocenters. The fourth-order valence-corrected chi connectivity index (χ4v) is 4.21. The van der Waals surface area contributed by atoms with Gasteiger partial charge in [0, 0.05) is 6.54 Å². The van der Waals surface area contributed by atoms with Crippen molar-refractivity contribution in [3.05, 3.63) is 0 Å². The summed E-state index contributed by atoms with van der Waals surface area (Å²) in [5.41, 5.74) is 4.17. The van der Waals surface area contributed by atoms with Crippen LogP contribution in [0.4, 0.5) is 4.79 Å². The highest BCUT2D eigenvalue weighted by atomic mass is 32.3. The van der Waals surface area contributed by atoms with Gasteiger partial charge in [0.2, 0.25) is 5.91 Å². The predicted octanol–water partition coefficient (Wildman–Crippen LogP) is -0.723. The minimum atomic E-state index is -4.58. The van der Waals surface area contributed by atoms with E-state index in [0.717, 1.165) is 0 Å². The van der Waals surface area contributed by atoms with E-state index in [1.807, 2.05) is 0 Å². The minimum Gasteiger partial charge on any atom is -0.465 e. The van der Waals surface area contributed by atoms with Crippen molar-refractivity contribution in [2.45, 2.75) is 44.7 Å². The molecular formula is C14H21N3O8S. The lowest BCUT2D eigenvalue weighted by Gasteiger charge is -2.30. The number of piperidine rings is 1. The highest BCUT2D eigenvalue weighted by Crippen LogP contribution is 2.32. The van der Waals surface area contributed by atoms with Crippen molar-refractivity contribution in [1.29, 1.82) is 0 Å². The lowest BCUT2D eigenvalue weighted by atomic mass is 9.85. The van der Waals surface area contributed by atoms with E-state index in [9.17, 15) is 22.8 Å². The number of hydrogen-bond acceptors (Lipinski definition) is 8. The number of cyclic esters (lactones) is 1. The molecule has 3 aliphatic rings. The van der Waals surface area contributed by atoms with Crippen LogP contribution in [0.15, 0.2) is 0 Å². The second-order valence-electron chi connectivity index (χ2n) is 6.96. The van der Waals surface area contributed by atoms with E-state index in [2.05, 4.69) is 0 Å². The summed E-state index contributed by atoms with van der Waals surface area (Å²) in [5.74, 6) is -1.19. The van der Waals surface area contributed by atoms with Gasteiger partial charge in [-0.25, -0.2) is 8.98 Å². The van der Waals surface area contributed by atoms with E-state index < -0.39 is 52.4 Å². The number of hydroxylamine groups is 2. The van der Waals surface area contributed by atoms with Crippen molar-refractivity contribution in [2.24, 2.45) is 11.1 Å². The minimum absolute atomic E-state index is 0.145. The number of nitrogens with two attached hydrogens (primary N) is 1. The smallest absolute Gasteiger partial charge is 0.421 e. The highest BCUT2D eigenvalue weighted by molar-refractivity contribution is 7.81. The lowest BCUT2D eigenvalue weighted by molar-refractivity contribution is -0.163. The van der Waals surface area contributed by atoms with Gasteiger partial charge in [-0.3, -0.25) is 9.59 Å². The van der Waals surface area contributed by atoms with Crippen molar-refractivity contribution >= 4 is 28.3 Å². The molecule has 0 aliphatic carbocycles. The summed E-state index contributed by atoms with van der Waals surface area (Å²) in [6, 6.07) is -2.06. The number of urea groups is 1. The summed E-state index contributed by atoms with van der Waals surface area (Å²) >= 11 is 0. The normalized spacial score (nSPS) is 31.9. The molecule has 12 heteroatoms. The molecule has 3 aliphatic heterocycles. The Labute approximate surface area is 150 Å². The molecule has 0 aromatic heterocycles. The summed E-state index contributed by atoms with van der Waals surface area (Å²) in [6.07, 6.45) is 1.72. The Morgan fingerprint density at radius 1 is 1.38 bits per heavy atom. The number of hydrogen-bond donors (Lipinski definition) is 1. The average molecular weight is 391 g/mol. The van der Waals surface area contributed by atoms with Gasteiger partial charge in [0.1, 0.15) is 6.04 Å². The number of nitrogens with zero attached hydrogens (tertiary/aromatic N) is 2. The molecule has 3 saturated heterocycles. The Morgan fingerprint density at radius 3 is 2.77 bits per heavy atom. The van der Waals surface area contributed by atoms with E-state index in [4.69, 9.17) is 18.9 Å². The molecule has 3 fully saturated rings. The van der Waals surface area contributed by atoms with Gasteiger partial charge in [-0.1, -0.05) is 0 Å². The molecule has 2 bridgehead atoms. The van der Waals surface area contributed by atoms with Crippen molar-refractivity contribution in [1.82, 2.24) is 9.96 Å². The van der Waals surface area contributed by atoms with Crippen LogP contribution < -0.4 is 5.73 Å². The van der Waals surface area contributed by atoms with Gasteiger partial charge in [-0.2, -0.15) is 13.5 Å². The topological polar surface area (TPSA) is 146 Å². The zero-order valence-electron chi connectivity index (χ0n) is 14.3. The standard InChI is InChI=1S/C14H21N3O8S/c1-14(5-2-6-23-12(14)19)8-24-26(21,22)25-17-9-3-4-10(11(15)18)16(7-9)13(17)20/h9-10H,2-8H2,1H3,(H2,15,18)/t9?,10-,14?/m0/s1. The van der Waals surface area contributed by atoms with Crippen LogP contribution in [0.25, 0.3) is 0 Å². The van der Waals surface area contributed by atoms with E-state index in [1.165, 1.54) is 4.90 Å². The summed E-state index contributed by atoms with van der Waals surface area (Å²) in [4.78, 5) is 36.7. The van der Waals surface area contributed by atoms with Gasteiger partial charge >= 0.3 is 22.4 Å². The van der Waals surface area contributed by atoms with E-state index in [0.29, 0.717) is 37.4 Å². The number of carbonyl (C=O) groups is 3. The van der Waals surface area contributed by atoms with Crippen LogP contribution in [0.1, 0.15) is 32.6 Å². The average Bonchev–Trinajstić information content (AvgIpc) is 2.80. The zero-order valence-corrected chi connectivity index (χ0v) is 15.1. The first-order chi connectivity index (χ1) is 12.1. The van der Waals surface area contributed by atoms with Gasteiger partial charge in [0.25, 0.3) is 0 Å².